The number of hydrogen-bond donors (Lipinski definition) is 3. The van der Waals surface area contributed by atoms with Crippen LogP contribution in [0.4, 0.5) is 5.95 Å². The largest absolute Gasteiger partial charge is 0.508 e. The van der Waals surface area contributed by atoms with Crippen LogP contribution in [0.1, 0.15) is 51.3 Å². The van der Waals surface area contributed by atoms with E-state index in [0.29, 0.717) is 23.8 Å². The van der Waals surface area contributed by atoms with Gasteiger partial charge in [0.05, 0.1) is 5.69 Å². The Morgan fingerprint density at radius 2 is 1.91 bits per heavy atom. The van der Waals surface area contributed by atoms with Gasteiger partial charge in [-0.15, -0.1) is 0 Å². The number of aromatic nitrogens is 2. The van der Waals surface area contributed by atoms with E-state index in [0.717, 1.165) is 49.4 Å². The predicted octanol–water partition coefficient (Wildman–Crippen LogP) is 4.98. The minimum absolute atomic E-state index is 0.0966. The molecule has 2 atom stereocenters. The third kappa shape index (κ3) is 6.59. The molecule has 1 saturated heterocycles. The lowest BCUT2D eigenvalue weighted by Gasteiger charge is -2.37. The van der Waals surface area contributed by atoms with E-state index in [1.165, 1.54) is 11.1 Å². The van der Waals surface area contributed by atoms with Crippen LogP contribution in [-0.2, 0) is 18.4 Å². The zero-order chi connectivity index (χ0) is 25.0. The summed E-state index contributed by atoms with van der Waals surface area (Å²) in [4.78, 5) is 11.7. The summed E-state index contributed by atoms with van der Waals surface area (Å²) in [6.45, 7) is 14.6. The Morgan fingerprint density at radius 3 is 2.71 bits per heavy atom. The van der Waals surface area contributed by atoms with Gasteiger partial charge in [-0.05, 0) is 60.6 Å². The second kappa shape index (κ2) is 10.8. The van der Waals surface area contributed by atoms with Gasteiger partial charge in [-0.3, -0.25) is 4.90 Å². The number of hydrogen-bond acceptors (Lipinski definition) is 6. The summed E-state index contributed by atoms with van der Waals surface area (Å²) in [5.74, 6) is 0.987. The van der Waals surface area contributed by atoms with Crippen LogP contribution in [0.25, 0.3) is 11.3 Å². The summed E-state index contributed by atoms with van der Waals surface area (Å²) < 4.78 is 0. The lowest BCUT2D eigenvalue weighted by atomic mass is 9.85. The third-order valence-corrected chi connectivity index (χ3v) is 6.72. The van der Waals surface area contributed by atoms with Gasteiger partial charge in [0.2, 0.25) is 5.95 Å². The van der Waals surface area contributed by atoms with Crippen molar-refractivity contribution in [1.29, 1.82) is 0 Å². The number of nitrogens with one attached hydrogen (secondary N) is 2. The molecule has 0 unspecified atom stereocenters. The molecule has 6 nitrogen and oxygen atoms in total. The summed E-state index contributed by atoms with van der Waals surface area (Å²) in [6, 6.07) is 17.6. The molecule has 0 radical (unpaired) electrons. The topological polar surface area (TPSA) is 73.3 Å². The number of phenolic OH excluding ortho intramolecular Hbond substituents is 1. The maximum atomic E-state index is 10.2. The molecule has 0 amide bonds. The Morgan fingerprint density at radius 1 is 1.09 bits per heavy atom. The fraction of sp³-hybridized carbons (Fsp3) is 0.448. The van der Waals surface area contributed by atoms with E-state index in [4.69, 9.17) is 4.98 Å². The highest BCUT2D eigenvalue weighted by atomic mass is 16.3. The molecule has 186 valence electrons. The SMILES string of the molecule is C[C@H]1CN(Cc2cccc(-c3ccnc(NCCc4ccc(O)c(C(C)(C)C)c4)n3)c2)[C@@H](C)CN1. The van der Waals surface area contributed by atoms with Crippen molar-refractivity contribution in [2.75, 3.05) is 25.0 Å². The van der Waals surface area contributed by atoms with Crippen molar-refractivity contribution < 1.29 is 5.11 Å². The fourth-order valence-corrected chi connectivity index (χ4v) is 4.64. The normalized spacial score (nSPS) is 19.0. The van der Waals surface area contributed by atoms with E-state index >= 15 is 0 Å². The first-order chi connectivity index (χ1) is 16.7. The first-order valence-electron chi connectivity index (χ1n) is 12.6. The van der Waals surface area contributed by atoms with Gasteiger partial charge < -0.3 is 15.7 Å². The number of nitrogens with zero attached hydrogens (tertiary/aromatic N) is 3. The molecule has 0 bridgehead atoms. The second-order valence-corrected chi connectivity index (χ2v) is 10.8. The molecule has 35 heavy (non-hydrogen) atoms. The van der Waals surface area contributed by atoms with Gasteiger partial charge in [0.15, 0.2) is 0 Å². The lowest BCUT2D eigenvalue weighted by Crippen LogP contribution is -2.53. The molecule has 0 spiro atoms. The molecule has 1 fully saturated rings. The van der Waals surface area contributed by atoms with E-state index in [-0.39, 0.29) is 5.41 Å². The molecule has 3 aromatic rings. The van der Waals surface area contributed by atoms with Gasteiger partial charge in [0.1, 0.15) is 5.75 Å². The highest BCUT2D eigenvalue weighted by Gasteiger charge is 2.22. The average Bonchev–Trinajstić information content (AvgIpc) is 2.82. The highest BCUT2D eigenvalue weighted by molar-refractivity contribution is 5.61. The van der Waals surface area contributed by atoms with Crippen LogP contribution < -0.4 is 10.6 Å². The van der Waals surface area contributed by atoms with Gasteiger partial charge in [0, 0.05) is 50.0 Å². The number of benzene rings is 2. The van der Waals surface area contributed by atoms with Gasteiger partial charge in [0.25, 0.3) is 0 Å². The molecule has 3 N–H and O–H groups in total. The molecular weight excluding hydrogens is 434 g/mol. The smallest absolute Gasteiger partial charge is 0.223 e. The van der Waals surface area contributed by atoms with Crippen molar-refractivity contribution in [2.45, 2.75) is 65.1 Å². The second-order valence-electron chi connectivity index (χ2n) is 10.8. The summed E-state index contributed by atoms with van der Waals surface area (Å²) in [7, 11) is 0. The van der Waals surface area contributed by atoms with Crippen molar-refractivity contribution in [3.8, 4) is 17.0 Å². The van der Waals surface area contributed by atoms with E-state index in [2.05, 4.69) is 85.5 Å². The first-order valence-corrected chi connectivity index (χ1v) is 12.6. The van der Waals surface area contributed by atoms with Crippen LogP contribution in [0.15, 0.2) is 54.7 Å². The molecule has 1 aromatic heterocycles. The highest BCUT2D eigenvalue weighted by Crippen LogP contribution is 2.31. The fourth-order valence-electron chi connectivity index (χ4n) is 4.64. The van der Waals surface area contributed by atoms with Crippen molar-refractivity contribution in [3.63, 3.8) is 0 Å². The molecule has 4 rings (SSSR count). The van der Waals surface area contributed by atoms with Crippen molar-refractivity contribution in [1.82, 2.24) is 20.2 Å². The standard InChI is InChI=1S/C29H39N5O/c1-20-18-34(21(2)17-32-20)19-23-7-6-8-24(15-23)26-12-14-31-28(33-26)30-13-11-22-9-10-27(35)25(16-22)29(3,4)5/h6-10,12,14-16,20-21,32,35H,11,13,17-19H2,1-5H3,(H,30,31,33)/t20-,21-/m0/s1. The van der Waals surface area contributed by atoms with Crippen LogP contribution in [-0.4, -0.2) is 51.7 Å². The first kappa shape index (κ1) is 25.1. The van der Waals surface area contributed by atoms with Gasteiger partial charge in [-0.25, -0.2) is 9.97 Å². The van der Waals surface area contributed by atoms with Gasteiger partial charge in [-0.1, -0.05) is 51.1 Å². The number of anilines is 1. The molecule has 6 heteroatoms. The molecule has 0 saturated carbocycles. The van der Waals surface area contributed by atoms with Crippen molar-refractivity contribution >= 4 is 5.95 Å². The molecule has 1 aliphatic rings. The van der Waals surface area contributed by atoms with E-state index in [9.17, 15) is 5.11 Å². The van der Waals surface area contributed by atoms with E-state index < -0.39 is 0 Å². The molecule has 1 aliphatic heterocycles. The summed E-state index contributed by atoms with van der Waals surface area (Å²) in [5.41, 5.74) is 5.39. The zero-order valence-electron chi connectivity index (χ0n) is 21.7. The molecular formula is C29H39N5O. The molecule has 2 aromatic carbocycles. The third-order valence-electron chi connectivity index (χ3n) is 6.72. The van der Waals surface area contributed by atoms with Gasteiger partial charge in [-0.2, -0.15) is 0 Å². The Balaban J connectivity index is 1.40. The minimum Gasteiger partial charge on any atom is -0.508 e. The molecule has 2 heterocycles. The summed E-state index contributed by atoms with van der Waals surface area (Å²) in [6.07, 6.45) is 2.64. The van der Waals surface area contributed by atoms with Crippen LogP contribution in [0.3, 0.4) is 0 Å². The minimum atomic E-state index is -0.0966. The number of aromatic hydroxyl groups is 1. The Bertz CT molecular complexity index is 1140. The maximum absolute atomic E-state index is 10.2. The van der Waals surface area contributed by atoms with Crippen molar-refractivity contribution in [2.24, 2.45) is 0 Å². The van der Waals surface area contributed by atoms with Crippen LogP contribution in [0.2, 0.25) is 0 Å². The Hall–Kier alpha value is -2.96. The lowest BCUT2D eigenvalue weighted by molar-refractivity contribution is 0.139. The quantitative estimate of drug-likeness (QED) is 0.449. The monoisotopic (exact) mass is 473 g/mol. The Labute approximate surface area is 209 Å². The van der Waals surface area contributed by atoms with E-state index in [1.54, 1.807) is 6.07 Å². The summed E-state index contributed by atoms with van der Waals surface area (Å²) >= 11 is 0. The number of phenols is 1. The zero-order valence-corrected chi connectivity index (χ0v) is 21.7. The van der Waals surface area contributed by atoms with Crippen LogP contribution in [0, 0.1) is 0 Å². The van der Waals surface area contributed by atoms with Crippen LogP contribution >= 0.6 is 0 Å². The molecule has 0 aliphatic carbocycles. The maximum Gasteiger partial charge on any atom is 0.223 e. The number of piperazine rings is 1. The average molecular weight is 474 g/mol. The predicted molar refractivity (Wildman–Crippen MR) is 144 cm³/mol. The van der Waals surface area contributed by atoms with Crippen molar-refractivity contribution in [3.05, 3.63) is 71.4 Å². The van der Waals surface area contributed by atoms with Gasteiger partial charge >= 0.3 is 0 Å². The Kier molecular flexibility index (Phi) is 7.72. The van der Waals surface area contributed by atoms with E-state index in [1.807, 2.05) is 18.3 Å². The van der Waals surface area contributed by atoms with Crippen LogP contribution in [0.5, 0.6) is 5.75 Å². The summed E-state index contributed by atoms with van der Waals surface area (Å²) in [5, 5.41) is 17.1. The number of rotatable bonds is 7.